The lowest BCUT2D eigenvalue weighted by Crippen LogP contribution is -2.37. The molecule has 0 atom stereocenters. The molecule has 25 heavy (non-hydrogen) atoms. The highest BCUT2D eigenvalue weighted by atomic mass is 19.1. The molecule has 0 aliphatic carbocycles. The maximum atomic E-state index is 14.3. The molecule has 1 heterocycles. The summed E-state index contributed by atoms with van der Waals surface area (Å²) in [5.41, 5.74) is 0.946. The Morgan fingerprint density at radius 1 is 1.36 bits per heavy atom. The van der Waals surface area contributed by atoms with Crippen molar-refractivity contribution in [2.24, 2.45) is 5.92 Å². The van der Waals surface area contributed by atoms with Crippen molar-refractivity contribution in [1.82, 2.24) is 4.90 Å². The molecule has 1 aliphatic heterocycles. The molecule has 0 amide bonds. The van der Waals surface area contributed by atoms with Gasteiger partial charge in [-0.25, -0.2) is 4.39 Å². The average molecular weight is 349 g/mol. The zero-order chi connectivity index (χ0) is 18.4. The van der Waals surface area contributed by atoms with Gasteiger partial charge in [0.05, 0.1) is 18.8 Å². The van der Waals surface area contributed by atoms with Crippen LogP contribution in [0.2, 0.25) is 0 Å². The minimum Gasteiger partial charge on any atom is -0.423 e. The highest BCUT2D eigenvalue weighted by molar-refractivity contribution is 6.50. The molecule has 0 spiro atoms. The Kier molecular flexibility index (Phi) is 7.19. The van der Waals surface area contributed by atoms with Crippen LogP contribution in [0, 0.1) is 11.7 Å². The van der Waals surface area contributed by atoms with Crippen LogP contribution in [0.4, 0.5) is 4.39 Å². The summed E-state index contributed by atoms with van der Waals surface area (Å²) in [5.74, 6) is 1.58. The summed E-state index contributed by atoms with van der Waals surface area (Å²) in [5, 5.41) is 10.0. The molecule has 138 valence electrons. The fraction of sp³-hybridized carbons (Fsp3) is 0.579. The smallest absolute Gasteiger partial charge is 0.423 e. The Morgan fingerprint density at radius 3 is 2.64 bits per heavy atom. The van der Waals surface area contributed by atoms with Gasteiger partial charge in [0.2, 0.25) is 0 Å². The molecule has 6 heteroatoms. The molecule has 0 bridgehead atoms. The van der Waals surface area contributed by atoms with Crippen molar-refractivity contribution in [3.63, 3.8) is 0 Å². The summed E-state index contributed by atoms with van der Waals surface area (Å²) in [7, 11) is -1.02. The Hall–Kier alpha value is -1.21. The SMILES string of the molecule is CC(C)C(C)(C)OB(O)C=Cc1ccc(CN2CCOCC2)c(F)c1. The number of benzene rings is 1. The maximum Gasteiger partial charge on any atom is 0.483 e. The van der Waals surface area contributed by atoms with Gasteiger partial charge in [0.1, 0.15) is 5.82 Å². The Labute approximate surface area is 150 Å². The molecule has 1 fully saturated rings. The third-order valence-corrected chi connectivity index (χ3v) is 4.84. The molecule has 1 aliphatic rings. The monoisotopic (exact) mass is 349 g/mol. The molecule has 2 rings (SSSR count). The second kappa shape index (κ2) is 8.94. The highest BCUT2D eigenvalue weighted by Crippen LogP contribution is 2.21. The second-order valence-corrected chi connectivity index (χ2v) is 7.37. The predicted octanol–water partition coefficient (Wildman–Crippen LogP) is 3.14. The fourth-order valence-corrected chi connectivity index (χ4v) is 2.48. The van der Waals surface area contributed by atoms with Gasteiger partial charge in [-0.05, 0) is 31.4 Å². The van der Waals surface area contributed by atoms with Crippen molar-refractivity contribution in [2.75, 3.05) is 26.3 Å². The van der Waals surface area contributed by atoms with Gasteiger partial charge in [0.25, 0.3) is 0 Å². The fourth-order valence-electron chi connectivity index (χ4n) is 2.48. The lowest BCUT2D eigenvalue weighted by molar-refractivity contribution is 0.0337. The first-order valence-electron chi connectivity index (χ1n) is 8.90. The van der Waals surface area contributed by atoms with E-state index in [1.54, 1.807) is 18.1 Å². The van der Waals surface area contributed by atoms with Gasteiger partial charge in [-0.1, -0.05) is 38.0 Å². The lowest BCUT2D eigenvalue weighted by atomic mass is 9.84. The number of hydrogen-bond donors (Lipinski definition) is 1. The quantitative estimate of drug-likeness (QED) is 0.768. The van der Waals surface area contributed by atoms with Gasteiger partial charge in [-0.3, -0.25) is 4.90 Å². The van der Waals surface area contributed by atoms with Gasteiger partial charge in [0.15, 0.2) is 0 Å². The van der Waals surface area contributed by atoms with E-state index in [4.69, 9.17) is 9.39 Å². The van der Waals surface area contributed by atoms with Gasteiger partial charge in [-0.2, -0.15) is 0 Å². The number of rotatable bonds is 7. The van der Waals surface area contributed by atoms with Gasteiger partial charge >= 0.3 is 7.12 Å². The van der Waals surface area contributed by atoms with E-state index in [1.807, 2.05) is 33.8 Å². The topological polar surface area (TPSA) is 41.9 Å². The van der Waals surface area contributed by atoms with Gasteiger partial charge < -0.3 is 14.4 Å². The molecule has 0 saturated carbocycles. The van der Waals surface area contributed by atoms with E-state index in [0.29, 0.717) is 30.9 Å². The van der Waals surface area contributed by atoms with Crippen LogP contribution in [0.1, 0.15) is 38.8 Å². The molecule has 1 N–H and O–H groups in total. The zero-order valence-corrected chi connectivity index (χ0v) is 15.7. The van der Waals surface area contributed by atoms with E-state index >= 15 is 0 Å². The summed E-state index contributed by atoms with van der Waals surface area (Å²) in [4.78, 5) is 2.18. The second-order valence-electron chi connectivity index (χ2n) is 7.37. The Balaban J connectivity index is 1.95. The zero-order valence-electron chi connectivity index (χ0n) is 15.7. The average Bonchev–Trinajstić information content (AvgIpc) is 2.55. The molecule has 1 aromatic rings. The van der Waals surface area contributed by atoms with E-state index in [2.05, 4.69) is 4.90 Å². The van der Waals surface area contributed by atoms with E-state index in [-0.39, 0.29) is 11.7 Å². The molecule has 1 aromatic carbocycles. The number of halogens is 1. The lowest BCUT2D eigenvalue weighted by Gasteiger charge is -2.30. The highest BCUT2D eigenvalue weighted by Gasteiger charge is 2.27. The minimum atomic E-state index is -1.02. The molecule has 4 nitrogen and oxygen atoms in total. The van der Waals surface area contributed by atoms with Crippen LogP contribution < -0.4 is 0 Å². The van der Waals surface area contributed by atoms with Gasteiger partial charge in [0, 0.05) is 25.2 Å². The van der Waals surface area contributed by atoms with E-state index < -0.39 is 12.7 Å². The third-order valence-electron chi connectivity index (χ3n) is 4.84. The van der Waals surface area contributed by atoms with Crippen LogP contribution in [-0.2, 0) is 15.9 Å². The largest absolute Gasteiger partial charge is 0.483 e. The first-order valence-corrected chi connectivity index (χ1v) is 8.90. The molecular weight excluding hydrogens is 320 g/mol. The summed E-state index contributed by atoms with van der Waals surface area (Å²) < 4.78 is 25.3. The van der Waals surface area contributed by atoms with Crippen molar-refractivity contribution in [3.8, 4) is 0 Å². The van der Waals surface area contributed by atoms with Crippen LogP contribution in [-0.4, -0.2) is 48.9 Å². The van der Waals surface area contributed by atoms with E-state index in [0.717, 1.165) is 13.1 Å². The Morgan fingerprint density at radius 2 is 2.04 bits per heavy atom. The number of ether oxygens (including phenoxy) is 1. The minimum absolute atomic E-state index is 0.230. The molecule has 1 saturated heterocycles. The number of hydrogen-bond acceptors (Lipinski definition) is 4. The van der Waals surface area contributed by atoms with E-state index in [1.165, 1.54) is 6.07 Å². The van der Waals surface area contributed by atoms with Crippen molar-refractivity contribution >= 4 is 13.2 Å². The molecule has 0 aromatic heterocycles. The van der Waals surface area contributed by atoms with Crippen molar-refractivity contribution in [1.29, 1.82) is 0 Å². The maximum absolute atomic E-state index is 14.3. The van der Waals surface area contributed by atoms with Crippen LogP contribution in [0.25, 0.3) is 6.08 Å². The standard InChI is InChI=1S/C19H29BFNO3/c1-15(2)19(3,4)25-20(23)8-7-16-5-6-17(18(21)13-16)14-22-9-11-24-12-10-22/h5-8,13,15,23H,9-12,14H2,1-4H3. The Bertz CT molecular complexity index is 586. The number of nitrogens with zero attached hydrogens (tertiary/aromatic N) is 1. The molecule has 0 unspecified atom stereocenters. The summed E-state index contributed by atoms with van der Waals surface area (Å²) in [6, 6.07) is 5.15. The molecule has 0 radical (unpaired) electrons. The van der Waals surface area contributed by atoms with Gasteiger partial charge in [-0.15, -0.1) is 0 Å². The molecular formula is C19H29BFNO3. The number of morpholine rings is 1. The normalized spacial score (nSPS) is 16.8. The van der Waals surface area contributed by atoms with E-state index in [9.17, 15) is 9.41 Å². The van der Waals surface area contributed by atoms with Crippen LogP contribution >= 0.6 is 0 Å². The first-order chi connectivity index (χ1) is 11.8. The van der Waals surface area contributed by atoms with Crippen LogP contribution in [0.3, 0.4) is 0 Å². The third kappa shape index (κ3) is 6.22. The van der Waals surface area contributed by atoms with Crippen molar-refractivity contribution < 1.29 is 18.8 Å². The van der Waals surface area contributed by atoms with Crippen LogP contribution in [0.5, 0.6) is 0 Å². The van der Waals surface area contributed by atoms with Crippen LogP contribution in [0.15, 0.2) is 24.2 Å². The summed E-state index contributed by atoms with van der Waals surface area (Å²) in [6.45, 7) is 11.6. The summed E-state index contributed by atoms with van der Waals surface area (Å²) >= 11 is 0. The predicted molar refractivity (Wildman–Crippen MR) is 99.5 cm³/mol. The van der Waals surface area contributed by atoms with Crippen molar-refractivity contribution in [2.45, 2.75) is 39.8 Å². The first kappa shape index (κ1) is 20.1. The van der Waals surface area contributed by atoms with Crippen molar-refractivity contribution in [3.05, 3.63) is 41.1 Å². The summed E-state index contributed by atoms with van der Waals surface area (Å²) in [6.07, 6.45) is 1.68.